The second kappa shape index (κ2) is 8.49. The summed E-state index contributed by atoms with van der Waals surface area (Å²) in [6.45, 7) is 3.43. The van der Waals surface area contributed by atoms with Gasteiger partial charge in [-0.2, -0.15) is 5.26 Å². The monoisotopic (exact) mass is 437 g/mol. The van der Waals surface area contributed by atoms with E-state index in [1.807, 2.05) is 13.0 Å². The molecule has 2 rings (SSSR count). The highest BCUT2D eigenvalue weighted by atomic mass is 79.9. The summed E-state index contributed by atoms with van der Waals surface area (Å²) in [6, 6.07) is 7.06. The minimum Gasteiger partial charge on any atom is -0.380 e. The van der Waals surface area contributed by atoms with Gasteiger partial charge in [-0.1, -0.05) is 17.7 Å². The lowest BCUT2D eigenvalue weighted by molar-refractivity contribution is -0.116. The van der Waals surface area contributed by atoms with E-state index in [1.54, 1.807) is 25.1 Å². The number of carbonyl (C=O) groups excluding carboxylic acids is 1. The number of carbonyl (C=O) groups is 1. The van der Waals surface area contributed by atoms with E-state index in [2.05, 4.69) is 21.2 Å². The van der Waals surface area contributed by atoms with Crippen molar-refractivity contribution in [2.24, 2.45) is 0 Å². The Kier molecular flexibility index (Phi) is 6.59. The van der Waals surface area contributed by atoms with Gasteiger partial charge in [0.15, 0.2) is 0 Å². The van der Waals surface area contributed by atoms with Gasteiger partial charge < -0.3 is 14.6 Å². The molecule has 0 radical (unpaired) electrons. The molecule has 1 N–H and O–H groups in total. The molecule has 0 unspecified atom stereocenters. The standard InChI is InChI=1S/C18H17BrClN3O3/c1-10-4-5-12(20)6-15(10)22-16(24)8-23-11(2)17(19)14(9-26-3)13(7-21)18(23)25/h4-6H,8-9H2,1-3H3,(H,22,24). The largest absolute Gasteiger partial charge is 0.380 e. The first kappa shape index (κ1) is 20.2. The molecule has 0 fully saturated rings. The molecule has 1 aromatic heterocycles. The molecule has 0 aliphatic rings. The number of nitrogens with one attached hydrogen (secondary N) is 1. The van der Waals surface area contributed by atoms with Crippen molar-refractivity contribution in [3.63, 3.8) is 0 Å². The minimum absolute atomic E-state index is 0.0453. The topological polar surface area (TPSA) is 84.1 Å². The molecule has 136 valence electrons. The average molecular weight is 439 g/mol. The summed E-state index contributed by atoms with van der Waals surface area (Å²) >= 11 is 9.35. The van der Waals surface area contributed by atoms with Crippen LogP contribution < -0.4 is 10.9 Å². The summed E-state index contributed by atoms with van der Waals surface area (Å²) in [5.41, 5.74) is 1.86. The van der Waals surface area contributed by atoms with Gasteiger partial charge in [0.1, 0.15) is 18.2 Å². The highest BCUT2D eigenvalue weighted by Gasteiger charge is 2.19. The van der Waals surface area contributed by atoms with Crippen molar-refractivity contribution in [1.29, 1.82) is 5.26 Å². The second-order valence-corrected chi connectivity index (χ2v) is 6.93. The summed E-state index contributed by atoms with van der Waals surface area (Å²) in [4.78, 5) is 25.1. The molecular weight excluding hydrogens is 422 g/mol. The van der Waals surface area contributed by atoms with Crippen LogP contribution in [0.2, 0.25) is 5.02 Å². The Labute approximate surface area is 164 Å². The van der Waals surface area contributed by atoms with Gasteiger partial charge in [0, 0.05) is 33.5 Å². The maximum atomic E-state index is 12.6. The van der Waals surface area contributed by atoms with Crippen LogP contribution in [0.15, 0.2) is 27.5 Å². The quantitative estimate of drug-likeness (QED) is 0.774. The van der Waals surface area contributed by atoms with Gasteiger partial charge in [0.05, 0.1) is 6.61 Å². The van der Waals surface area contributed by atoms with Crippen molar-refractivity contribution in [1.82, 2.24) is 4.57 Å². The van der Waals surface area contributed by atoms with Crippen molar-refractivity contribution in [3.8, 4) is 6.07 Å². The maximum Gasteiger partial charge on any atom is 0.269 e. The molecule has 0 aliphatic carbocycles. The number of halogens is 2. The third-order valence-corrected chi connectivity index (χ3v) is 5.21. The van der Waals surface area contributed by atoms with E-state index in [-0.39, 0.29) is 18.7 Å². The summed E-state index contributed by atoms with van der Waals surface area (Å²) < 4.78 is 6.90. The number of nitrogens with zero attached hydrogens (tertiary/aromatic N) is 2. The van der Waals surface area contributed by atoms with Crippen LogP contribution in [0.1, 0.15) is 22.4 Å². The number of hydrogen-bond donors (Lipinski definition) is 1. The normalized spacial score (nSPS) is 10.5. The fourth-order valence-electron chi connectivity index (χ4n) is 2.51. The second-order valence-electron chi connectivity index (χ2n) is 5.70. The Hall–Kier alpha value is -2.14. The van der Waals surface area contributed by atoms with Crippen LogP contribution in [-0.2, 0) is 22.7 Å². The molecule has 6 nitrogen and oxygen atoms in total. The van der Waals surface area contributed by atoms with Crippen molar-refractivity contribution >= 4 is 39.1 Å². The molecule has 1 heterocycles. The predicted molar refractivity (Wildman–Crippen MR) is 103 cm³/mol. The summed E-state index contributed by atoms with van der Waals surface area (Å²) in [7, 11) is 1.48. The molecule has 0 spiro atoms. The number of nitriles is 1. The van der Waals surface area contributed by atoms with Crippen LogP contribution >= 0.6 is 27.5 Å². The number of anilines is 1. The van der Waals surface area contributed by atoms with Crippen LogP contribution in [0.5, 0.6) is 0 Å². The lowest BCUT2D eigenvalue weighted by atomic mass is 10.1. The SMILES string of the molecule is COCc1c(Br)c(C)n(CC(=O)Nc2cc(Cl)ccc2C)c(=O)c1C#N. The van der Waals surface area contributed by atoms with Crippen molar-refractivity contribution in [2.75, 3.05) is 12.4 Å². The summed E-state index contributed by atoms with van der Waals surface area (Å²) in [5.74, 6) is -0.393. The number of amides is 1. The number of aryl methyl sites for hydroxylation is 1. The number of aromatic nitrogens is 1. The Morgan fingerprint density at radius 3 is 2.73 bits per heavy atom. The van der Waals surface area contributed by atoms with E-state index in [4.69, 9.17) is 16.3 Å². The zero-order valence-electron chi connectivity index (χ0n) is 14.5. The van der Waals surface area contributed by atoms with Crippen LogP contribution in [0.4, 0.5) is 5.69 Å². The van der Waals surface area contributed by atoms with E-state index >= 15 is 0 Å². The van der Waals surface area contributed by atoms with E-state index < -0.39 is 11.5 Å². The van der Waals surface area contributed by atoms with Crippen LogP contribution in [0.3, 0.4) is 0 Å². The molecule has 26 heavy (non-hydrogen) atoms. The van der Waals surface area contributed by atoms with Gasteiger partial charge in [0.2, 0.25) is 5.91 Å². The van der Waals surface area contributed by atoms with Crippen molar-refractivity contribution in [3.05, 3.63) is 60.4 Å². The number of pyridine rings is 1. The maximum absolute atomic E-state index is 12.6. The first-order valence-electron chi connectivity index (χ1n) is 7.67. The highest BCUT2D eigenvalue weighted by Crippen LogP contribution is 2.24. The van der Waals surface area contributed by atoms with Gasteiger partial charge in [-0.25, -0.2) is 0 Å². The van der Waals surface area contributed by atoms with Crippen LogP contribution in [0.25, 0.3) is 0 Å². The van der Waals surface area contributed by atoms with Gasteiger partial charge in [0.25, 0.3) is 5.56 Å². The van der Waals surface area contributed by atoms with Crippen LogP contribution in [-0.4, -0.2) is 17.6 Å². The summed E-state index contributed by atoms with van der Waals surface area (Å²) in [6.07, 6.45) is 0. The van der Waals surface area contributed by atoms with Gasteiger partial charge in [-0.15, -0.1) is 0 Å². The molecule has 2 aromatic rings. The third-order valence-electron chi connectivity index (χ3n) is 3.92. The highest BCUT2D eigenvalue weighted by molar-refractivity contribution is 9.10. The fourth-order valence-corrected chi connectivity index (χ4v) is 3.21. The number of rotatable bonds is 5. The molecule has 1 amide bonds. The van der Waals surface area contributed by atoms with Gasteiger partial charge in [-0.05, 0) is 47.5 Å². The smallest absolute Gasteiger partial charge is 0.269 e. The zero-order valence-corrected chi connectivity index (χ0v) is 16.9. The minimum atomic E-state index is -0.529. The molecule has 0 atom stereocenters. The van der Waals surface area contributed by atoms with Crippen molar-refractivity contribution in [2.45, 2.75) is 27.0 Å². The fraction of sp³-hybridized carbons (Fsp3) is 0.278. The first-order chi connectivity index (χ1) is 12.3. The number of methoxy groups -OCH3 is 1. The van der Waals surface area contributed by atoms with E-state index in [0.717, 1.165) is 5.56 Å². The Balaban J connectivity index is 2.39. The molecule has 0 saturated carbocycles. The molecule has 0 saturated heterocycles. The van der Waals surface area contributed by atoms with E-state index in [0.29, 0.717) is 26.4 Å². The predicted octanol–water partition coefficient (Wildman–Crippen LogP) is 3.54. The van der Waals surface area contributed by atoms with Crippen LogP contribution in [0, 0.1) is 25.2 Å². The molecule has 0 bridgehead atoms. The lowest BCUT2D eigenvalue weighted by Crippen LogP contribution is -2.32. The van der Waals surface area contributed by atoms with Gasteiger partial charge >= 0.3 is 0 Å². The summed E-state index contributed by atoms with van der Waals surface area (Å²) in [5, 5.41) is 12.6. The molecular formula is C18H17BrClN3O3. The Bertz CT molecular complexity index is 964. The third kappa shape index (κ3) is 4.15. The zero-order chi connectivity index (χ0) is 19.4. The Morgan fingerprint density at radius 2 is 2.12 bits per heavy atom. The number of ether oxygens (including phenoxy) is 1. The van der Waals surface area contributed by atoms with E-state index in [1.165, 1.54) is 11.7 Å². The van der Waals surface area contributed by atoms with Crippen molar-refractivity contribution < 1.29 is 9.53 Å². The first-order valence-corrected chi connectivity index (χ1v) is 8.84. The molecule has 0 aliphatic heterocycles. The van der Waals surface area contributed by atoms with E-state index in [9.17, 15) is 14.9 Å². The molecule has 8 heteroatoms. The number of benzene rings is 1. The Morgan fingerprint density at radius 1 is 1.42 bits per heavy atom. The molecule has 1 aromatic carbocycles. The average Bonchev–Trinajstić information content (AvgIpc) is 2.60. The van der Waals surface area contributed by atoms with Gasteiger partial charge in [-0.3, -0.25) is 9.59 Å². The lowest BCUT2D eigenvalue weighted by Gasteiger charge is -2.16. The number of hydrogen-bond acceptors (Lipinski definition) is 4.